The van der Waals surface area contributed by atoms with Crippen LogP contribution in [0.4, 0.5) is 0 Å². The van der Waals surface area contributed by atoms with Gasteiger partial charge in [-0.25, -0.2) is 0 Å². The monoisotopic (exact) mass is 246 g/mol. The zero-order valence-electron chi connectivity index (χ0n) is 9.98. The molecule has 0 bridgehead atoms. The van der Waals surface area contributed by atoms with E-state index in [0.29, 0.717) is 11.1 Å². The van der Waals surface area contributed by atoms with Gasteiger partial charge in [0.15, 0.2) is 0 Å². The molecule has 0 spiro atoms. The molecular weight excluding hydrogens is 232 g/mol. The van der Waals surface area contributed by atoms with Gasteiger partial charge in [0.25, 0.3) is 0 Å². The molecule has 2 atom stereocenters. The van der Waals surface area contributed by atoms with E-state index < -0.39 is 12.2 Å². The number of rotatable bonds is 5. The summed E-state index contributed by atoms with van der Waals surface area (Å²) in [6.07, 6.45) is -1.95. The van der Waals surface area contributed by atoms with Gasteiger partial charge in [-0.3, -0.25) is 0 Å². The Morgan fingerprint density at radius 3 is 2.83 bits per heavy atom. The van der Waals surface area contributed by atoms with Crippen LogP contribution in [0.3, 0.4) is 0 Å². The molecule has 6 heteroatoms. The first-order valence-electron chi connectivity index (χ1n) is 5.47. The van der Waals surface area contributed by atoms with Crippen LogP contribution in [-0.4, -0.2) is 22.9 Å². The number of nitrogens with zero attached hydrogens (tertiary/aromatic N) is 4. The van der Waals surface area contributed by atoms with Gasteiger partial charge in [0, 0.05) is 11.5 Å². The second kappa shape index (κ2) is 6.62. The van der Waals surface area contributed by atoms with E-state index >= 15 is 0 Å². The number of aliphatic hydroxyl groups is 2. The molecule has 0 saturated heterocycles. The van der Waals surface area contributed by atoms with E-state index in [9.17, 15) is 10.2 Å². The minimum Gasteiger partial charge on any atom is -0.390 e. The molecule has 1 aromatic carbocycles. The van der Waals surface area contributed by atoms with Crippen molar-refractivity contribution in [1.29, 1.82) is 5.26 Å². The lowest BCUT2D eigenvalue weighted by Gasteiger charge is -2.19. The zero-order valence-corrected chi connectivity index (χ0v) is 9.98. The summed E-state index contributed by atoms with van der Waals surface area (Å²) in [5, 5.41) is 31.9. The van der Waals surface area contributed by atoms with Gasteiger partial charge < -0.3 is 10.2 Å². The third-order valence-corrected chi connectivity index (χ3v) is 2.68. The lowest BCUT2D eigenvalue weighted by molar-refractivity contribution is 0.0146. The minimum atomic E-state index is -1.09. The maximum absolute atomic E-state index is 9.99. The van der Waals surface area contributed by atoms with E-state index in [0.717, 1.165) is 5.56 Å². The van der Waals surface area contributed by atoms with Gasteiger partial charge in [-0.2, -0.15) is 5.26 Å². The summed E-state index contributed by atoms with van der Waals surface area (Å²) in [6, 6.07) is 6.90. The minimum absolute atomic E-state index is 0.117. The highest BCUT2D eigenvalue weighted by Crippen LogP contribution is 2.23. The van der Waals surface area contributed by atoms with E-state index in [1.807, 2.05) is 6.07 Å². The Bertz CT molecular complexity index is 503. The van der Waals surface area contributed by atoms with E-state index in [-0.39, 0.29) is 13.0 Å². The maximum Gasteiger partial charge on any atom is 0.105 e. The van der Waals surface area contributed by atoms with Gasteiger partial charge in [0.2, 0.25) is 0 Å². The van der Waals surface area contributed by atoms with Gasteiger partial charge >= 0.3 is 0 Å². The SMILES string of the molecule is Cc1ccc(C#N)cc1C(O)C(O)CCN=[N+]=[N-]. The van der Waals surface area contributed by atoms with Gasteiger partial charge in [-0.1, -0.05) is 11.2 Å². The van der Waals surface area contributed by atoms with Crippen molar-refractivity contribution in [2.75, 3.05) is 6.54 Å². The molecule has 0 radical (unpaired) electrons. The summed E-state index contributed by atoms with van der Waals surface area (Å²) < 4.78 is 0. The molecular formula is C12H14N4O2. The number of nitriles is 1. The fraction of sp³-hybridized carbons (Fsp3) is 0.417. The highest BCUT2D eigenvalue weighted by atomic mass is 16.3. The second-order valence-electron chi connectivity index (χ2n) is 3.94. The standard InChI is InChI=1S/C12H14N4O2/c1-8-2-3-9(7-13)6-10(8)12(18)11(17)4-5-15-16-14/h2-3,6,11-12,17-18H,4-5H2,1H3. The quantitative estimate of drug-likeness (QED) is 0.470. The molecule has 6 nitrogen and oxygen atoms in total. The number of aryl methyl sites for hydroxylation is 1. The van der Waals surface area contributed by atoms with Crippen molar-refractivity contribution < 1.29 is 10.2 Å². The Balaban J connectivity index is 2.85. The molecule has 1 aromatic rings. The molecule has 0 fully saturated rings. The Labute approximate surface area is 105 Å². The molecule has 0 aliphatic carbocycles. The Hall–Kier alpha value is -2.06. The first-order chi connectivity index (χ1) is 8.60. The highest BCUT2D eigenvalue weighted by Gasteiger charge is 2.19. The summed E-state index contributed by atoms with van der Waals surface area (Å²) in [5.41, 5.74) is 9.86. The fourth-order valence-electron chi connectivity index (χ4n) is 1.63. The third-order valence-electron chi connectivity index (χ3n) is 2.68. The molecule has 0 aromatic heterocycles. The van der Waals surface area contributed by atoms with Crippen molar-refractivity contribution in [1.82, 2.24) is 0 Å². The van der Waals surface area contributed by atoms with Crippen LogP contribution in [0.25, 0.3) is 10.4 Å². The fourth-order valence-corrected chi connectivity index (χ4v) is 1.63. The Morgan fingerprint density at radius 1 is 1.50 bits per heavy atom. The second-order valence-corrected chi connectivity index (χ2v) is 3.94. The van der Waals surface area contributed by atoms with Gasteiger partial charge in [0.05, 0.1) is 17.7 Å². The molecule has 1 rings (SSSR count). The molecule has 2 unspecified atom stereocenters. The average Bonchev–Trinajstić information content (AvgIpc) is 2.38. The molecule has 0 heterocycles. The first-order valence-corrected chi connectivity index (χ1v) is 5.47. The summed E-state index contributed by atoms with van der Waals surface area (Å²) in [7, 11) is 0. The van der Waals surface area contributed by atoms with E-state index in [1.54, 1.807) is 25.1 Å². The average molecular weight is 246 g/mol. The molecule has 0 aliphatic heterocycles. The molecule has 0 amide bonds. The van der Waals surface area contributed by atoms with Crippen molar-refractivity contribution in [3.63, 3.8) is 0 Å². The van der Waals surface area contributed by atoms with Gasteiger partial charge in [-0.05, 0) is 42.1 Å². The van der Waals surface area contributed by atoms with Crippen LogP contribution in [0.5, 0.6) is 0 Å². The predicted molar refractivity (Wildman–Crippen MR) is 65.5 cm³/mol. The summed E-state index contributed by atoms with van der Waals surface area (Å²) in [6.45, 7) is 1.91. The molecule has 0 saturated carbocycles. The van der Waals surface area contributed by atoms with Gasteiger partial charge in [0.1, 0.15) is 6.10 Å². The van der Waals surface area contributed by atoms with E-state index in [4.69, 9.17) is 10.8 Å². The van der Waals surface area contributed by atoms with Crippen LogP contribution in [0, 0.1) is 18.3 Å². The largest absolute Gasteiger partial charge is 0.390 e. The summed E-state index contributed by atoms with van der Waals surface area (Å²) >= 11 is 0. The number of aliphatic hydroxyl groups excluding tert-OH is 2. The van der Waals surface area contributed by atoms with Crippen LogP contribution in [0.15, 0.2) is 23.3 Å². The lowest BCUT2D eigenvalue weighted by Crippen LogP contribution is -2.20. The van der Waals surface area contributed by atoms with Crippen LogP contribution < -0.4 is 0 Å². The molecule has 94 valence electrons. The Kier molecular flexibility index (Phi) is 5.15. The third kappa shape index (κ3) is 3.47. The number of hydrogen-bond donors (Lipinski definition) is 2. The number of benzene rings is 1. The van der Waals surface area contributed by atoms with Crippen molar-refractivity contribution in [3.05, 3.63) is 45.3 Å². The predicted octanol–water partition coefficient (Wildman–Crippen LogP) is 1.96. The summed E-state index contributed by atoms with van der Waals surface area (Å²) in [4.78, 5) is 2.57. The summed E-state index contributed by atoms with van der Waals surface area (Å²) in [5.74, 6) is 0. The van der Waals surface area contributed by atoms with Crippen LogP contribution in [0.2, 0.25) is 0 Å². The van der Waals surface area contributed by atoms with E-state index in [2.05, 4.69) is 10.0 Å². The van der Waals surface area contributed by atoms with Crippen molar-refractivity contribution in [3.8, 4) is 6.07 Å². The number of hydrogen-bond acceptors (Lipinski definition) is 4. The lowest BCUT2D eigenvalue weighted by atomic mass is 9.96. The topological polar surface area (TPSA) is 113 Å². The number of azide groups is 1. The van der Waals surface area contributed by atoms with Gasteiger partial charge in [-0.15, -0.1) is 0 Å². The first kappa shape index (κ1) is 14.0. The van der Waals surface area contributed by atoms with Crippen LogP contribution in [-0.2, 0) is 0 Å². The molecule has 0 aliphatic rings. The van der Waals surface area contributed by atoms with Crippen LogP contribution >= 0.6 is 0 Å². The maximum atomic E-state index is 9.99. The normalized spacial score (nSPS) is 13.2. The highest BCUT2D eigenvalue weighted by molar-refractivity contribution is 5.39. The molecule has 2 N–H and O–H groups in total. The van der Waals surface area contributed by atoms with Crippen LogP contribution in [0.1, 0.15) is 29.2 Å². The van der Waals surface area contributed by atoms with E-state index in [1.165, 1.54) is 0 Å². The van der Waals surface area contributed by atoms with Crippen molar-refractivity contribution in [2.45, 2.75) is 25.6 Å². The zero-order chi connectivity index (χ0) is 13.5. The Morgan fingerprint density at radius 2 is 2.22 bits per heavy atom. The van der Waals surface area contributed by atoms with Crippen molar-refractivity contribution in [2.24, 2.45) is 5.11 Å². The smallest absolute Gasteiger partial charge is 0.105 e. The molecule has 18 heavy (non-hydrogen) atoms. The van der Waals surface area contributed by atoms with Crippen molar-refractivity contribution >= 4 is 0 Å².